The van der Waals surface area contributed by atoms with Crippen molar-refractivity contribution in [3.8, 4) is 11.8 Å². The first kappa shape index (κ1) is 10.9. The Morgan fingerprint density at radius 2 is 2.00 bits per heavy atom. The number of aromatic nitrogens is 2. The molecule has 0 aliphatic rings. The number of aryl methyl sites for hydroxylation is 2. The predicted molar refractivity (Wildman–Crippen MR) is 65.5 cm³/mol. The summed E-state index contributed by atoms with van der Waals surface area (Å²) in [5.41, 5.74) is 2.29. The number of hydrogen-bond donors (Lipinski definition) is 0. The summed E-state index contributed by atoms with van der Waals surface area (Å²) in [5, 5.41) is 9.14. The standard InChI is InChI=1S/C12H10BrN3/c1-8-12(7-14)16(9(2)15-8)11-6-4-3-5-10(11)13/h3-6H,1-2H3. The Bertz CT molecular complexity index is 578. The van der Waals surface area contributed by atoms with Gasteiger partial charge in [0.15, 0.2) is 0 Å². The topological polar surface area (TPSA) is 41.6 Å². The van der Waals surface area contributed by atoms with Gasteiger partial charge in [-0.25, -0.2) is 4.98 Å². The minimum atomic E-state index is 0.587. The van der Waals surface area contributed by atoms with Crippen LogP contribution in [-0.4, -0.2) is 9.55 Å². The van der Waals surface area contributed by atoms with Crippen molar-refractivity contribution in [1.82, 2.24) is 9.55 Å². The molecule has 0 saturated carbocycles. The normalized spacial score (nSPS) is 10.1. The maximum absolute atomic E-state index is 9.14. The van der Waals surface area contributed by atoms with E-state index >= 15 is 0 Å². The number of imidazole rings is 1. The number of rotatable bonds is 1. The average Bonchev–Trinajstić information content (AvgIpc) is 2.54. The molecule has 2 aromatic rings. The lowest BCUT2D eigenvalue weighted by molar-refractivity contribution is 0.956. The molecule has 0 unspecified atom stereocenters. The van der Waals surface area contributed by atoms with Gasteiger partial charge in [0.1, 0.15) is 17.6 Å². The number of para-hydroxylation sites is 1. The van der Waals surface area contributed by atoms with E-state index in [-0.39, 0.29) is 0 Å². The van der Waals surface area contributed by atoms with Crippen LogP contribution in [0.5, 0.6) is 0 Å². The maximum atomic E-state index is 9.14. The van der Waals surface area contributed by atoms with Gasteiger partial charge in [0.2, 0.25) is 0 Å². The molecule has 0 fully saturated rings. The maximum Gasteiger partial charge on any atom is 0.147 e. The first-order chi connectivity index (χ1) is 7.65. The second kappa shape index (κ2) is 4.11. The van der Waals surface area contributed by atoms with Gasteiger partial charge in [-0.05, 0) is 41.9 Å². The van der Waals surface area contributed by atoms with Crippen molar-refractivity contribution in [2.45, 2.75) is 13.8 Å². The molecule has 4 heteroatoms. The Balaban J connectivity index is 2.75. The molecule has 0 spiro atoms. The van der Waals surface area contributed by atoms with Crippen LogP contribution in [-0.2, 0) is 0 Å². The van der Waals surface area contributed by atoms with Gasteiger partial charge in [0.05, 0.1) is 11.4 Å². The molecular formula is C12H10BrN3. The smallest absolute Gasteiger partial charge is 0.147 e. The van der Waals surface area contributed by atoms with Gasteiger partial charge in [0.25, 0.3) is 0 Å². The van der Waals surface area contributed by atoms with Crippen molar-refractivity contribution < 1.29 is 0 Å². The molecule has 1 aromatic heterocycles. The highest BCUT2D eigenvalue weighted by Gasteiger charge is 2.13. The molecule has 0 bridgehead atoms. The predicted octanol–water partition coefficient (Wildman–Crippen LogP) is 3.12. The molecule has 80 valence electrons. The molecule has 1 heterocycles. The lowest BCUT2D eigenvalue weighted by Crippen LogP contribution is -2.00. The molecule has 0 saturated heterocycles. The lowest BCUT2D eigenvalue weighted by Gasteiger charge is -2.08. The quantitative estimate of drug-likeness (QED) is 0.803. The fourth-order valence-electron chi connectivity index (χ4n) is 1.73. The zero-order valence-electron chi connectivity index (χ0n) is 9.03. The molecule has 0 radical (unpaired) electrons. The largest absolute Gasteiger partial charge is 0.287 e. The van der Waals surface area contributed by atoms with Crippen LogP contribution in [0.2, 0.25) is 0 Å². The molecule has 0 N–H and O–H groups in total. The molecular weight excluding hydrogens is 266 g/mol. The van der Waals surface area contributed by atoms with Crippen molar-refractivity contribution >= 4 is 15.9 Å². The van der Waals surface area contributed by atoms with Crippen LogP contribution in [0.3, 0.4) is 0 Å². The second-order valence-corrected chi connectivity index (χ2v) is 4.35. The van der Waals surface area contributed by atoms with E-state index < -0.39 is 0 Å². The van der Waals surface area contributed by atoms with Gasteiger partial charge in [-0.15, -0.1) is 0 Å². The van der Waals surface area contributed by atoms with Crippen LogP contribution < -0.4 is 0 Å². The van der Waals surface area contributed by atoms with Crippen molar-refractivity contribution in [3.05, 3.63) is 46.0 Å². The van der Waals surface area contributed by atoms with Crippen LogP contribution in [0.4, 0.5) is 0 Å². The Hall–Kier alpha value is -1.60. The first-order valence-electron chi connectivity index (χ1n) is 4.86. The van der Waals surface area contributed by atoms with E-state index in [1.165, 1.54) is 0 Å². The summed E-state index contributed by atoms with van der Waals surface area (Å²) in [4.78, 5) is 4.32. The summed E-state index contributed by atoms with van der Waals surface area (Å²) in [6.45, 7) is 3.74. The monoisotopic (exact) mass is 275 g/mol. The summed E-state index contributed by atoms with van der Waals surface area (Å²) in [5.74, 6) is 0.820. The van der Waals surface area contributed by atoms with Crippen LogP contribution in [0, 0.1) is 25.2 Å². The van der Waals surface area contributed by atoms with Crippen molar-refractivity contribution in [3.63, 3.8) is 0 Å². The highest BCUT2D eigenvalue weighted by atomic mass is 79.9. The number of nitriles is 1. The lowest BCUT2D eigenvalue weighted by atomic mass is 10.3. The summed E-state index contributed by atoms with van der Waals surface area (Å²) in [7, 11) is 0. The van der Waals surface area contributed by atoms with Gasteiger partial charge >= 0.3 is 0 Å². The summed E-state index contributed by atoms with van der Waals surface area (Å²) in [6, 6.07) is 9.98. The molecule has 2 rings (SSSR count). The minimum Gasteiger partial charge on any atom is -0.287 e. The minimum absolute atomic E-state index is 0.587. The van der Waals surface area contributed by atoms with E-state index in [1.54, 1.807) is 0 Å². The number of benzene rings is 1. The highest BCUT2D eigenvalue weighted by Crippen LogP contribution is 2.24. The van der Waals surface area contributed by atoms with E-state index in [4.69, 9.17) is 5.26 Å². The summed E-state index contributed by atoms with van der Waals surface area (Å²) < 4.78 is 2.81. The Labute approximate surface area is 102 Å². The molecule has 3 nitrogen and oxygen atoms in total. The van der Waals surface area contributed by atoms with Crippen LogP contribution in [0.1, 0.15) is 17.2 Å². The third kappa shape index (κ3) is 1.63. The third-order valence-electron chi connectivity index (χ3n) is 2.42. The van der Waals surface area contributed by atoms with Gasteiger partial charge in [-0.3, -0.25) is 4.57 Å². The van der Waals surface area contributed by atoms with Gasteiger partial charge in [-0.2, -0.15) is 5.26 Å². The Kier molecular flexibility index (Phi) is 2.80. The summed E-state index contributed by atoms with van der Waals surface area (Å²) in [6.07, 6.45) is 0. The molecule has 1 aromatic carbocycles. The van der Waals surface area contributed by atoms with Crippen molar-refractivity contribution in [2.24, 2.45) is 0 Å². The molecule has 16 heavy (non-hydrogen) atoms. The number of nitrogens with zero attached hydrogens (tertiary/aromatic N) is 3. The van der Waals surface area contributed by atoms with Crippen LogP contribution in [0.25, 0.3) is 5.69 Å². The zero-order valence-corrected chi connectivity index (χ0v) is 10.6. The van der Waals surface area contributed by atoms with E-state index in [0.29, 0.717) is 5.69 Å². The molecule has 0 aliphatic carbocycles. The second-order valence-electron chi connectivity index (χ2n) is 3.49. The Morgan fingerprint density at radius 3 is 2.62 bits per heavy atom. The van der Waals surface area contributed by atoms with E-state index in [9.17, 15) is 0 Å². The first-order valence-corrected chi connectivity index (χ1v) is 5.65. The van der Waals surface area contributed by atoms with Crippen molar-refractivity contribution in [2.75, 3.05) is 0 Å². The molecule has 0 amide bonds. The SMILES string of the molecule is Cc1nc(C)n(-c2ccccc2Br)c1C#N. The average molecular weight is 276 g/mol. The highest BCUT2D eigenvalue weighted by molar-refractivity contribution is 9.10. The van der Waals surface area contributed by atoms with Gasteiger partial charge < -0.3 is 0 Å². The van der Waals surface area contributed by atoms with Crippen molar-refractivity contribution in [1.29, 1.82) is 5.26 Å². The van der Waals surface area contributed by atoms with E-state index in [0.717, 1.165) is 21.7 Å². The fourth-order valence-corrected chi connectivity index (χ4v) is 2.19. The van der Waals surface area contributed by atoms with Crippen LogP contribution >= 0.6 is 15.9 Å². The number of halogens is 1. The number of hydrogen-bond acceptors (Lipinski definition) is 2. The van der Waals surface area contributed by atoms with Gasteiger partial charge in [0, 0.05) is 4.47 Å². The third-order valence-corrected chi connectivity index (χ3v) is 3.09. The van der Waals surface area contributed by atoms with Gasteiger partial charge in [-0.1, -0.05) is 12.1 Å². The zero-order chi connectivity index (χ0) is 11.7. The molecule has 0 atom stereocenters. The molecule has 0 aliphatic heterocycles. The summed E-state index contributed by atoms with van der Waals surface area (Å²) >= 11 is 3.48. The fraction of sp³-hybridized carbons (Fsp3) is 0.167. The van der Waals surface area contributed by atoms with E-state index in [2.05, 4.69) is 27.0 Å². The van der Waals surface area contributed by atoms with Crippen LogP contribution in [0.15, 0.2) is 28.7 Å². The Morgan fingerprint density at radius 1 is 1.31 bits per heavy atom. The van der Waals surface area contributed by atoms with E-state index in [1.807, 2.05) is 42.7 Å².